The number of carbonyl (C=O) groups excluding carboxylic acids is 1. The van der Waals surface area contributed by atoms with Gasteiger partial charge < -0.3 is 16.0 Å². The second-order valence-electron chi connectivity index (χ2n) is 4.59. The van der Waals surface area contributed by atoms with Crippen LogP contribution in [0.1, 0.15) is 12.8 Å². The van der Waals surface area contributed by atoms with E-state index in [4.69, 9.17) is 22.6 Å². The Hall–Kier alpha value is -2.19. The fourth-order valence-corrected chi connectivity index (χ4v) is 2.18. The summed E-state index contributed by atoms with van der Waals surface area (Å²) in [6.45, 7) is 1.76. The molecular formula is C14H15ClN4O. The van der Waals surface area contributed by atoms with Crippen molar-refractivity contribution < 1.29 is 4.79 Å². The summed E-state index contributed by atoms with van der Waals surface area (Å²) >= 11 is 5.88. The molecule has 1 amide bonds. The van der Waals surface area contributed by atoms with Crippen molar-refractivity contribution >= 4 is 28.9 Å². The van der Waals surface area contributed by atoms with Crippen LogP contribution in [-0.2, 0) is 4.79 Å². The minimum absolute atomic E-state index is 0.0832. The topological polar surface area (TPSA) is 82.2 Å². The number of nitrogens with one attached hydrogen (secondary N) is 1. The summed E-state index contributed by atoms with van der Waals surface area (Å²) in [4.78, 5) is 14.0. The van der Waals surface area contributed by atoms with Gasteiger partial charge in [-0.05, 0) is 31.0 Å². The average molecular weight is 291 g/mol. The molecule has 1 heterocycles. The van der Waals surface area contributed by atoms with Gasteiger partial charge in [0.2, 0.25) is 0 Å². The highest BCUT2D eigenvalue weighted by atomic mass is 35.5. The highest BCUT2D eigenvalue weighted by Crippen LogP contribution is 2.23. The monoisotopic (exact) mass is 290 g/mol. The number of nitrogen functional groups attached to an aromatic ring is 1. The number of hydrogen-bond donors (Lipinski definition) is 2. The van der Waals surface area contributed by atoms with Crippen LogP contribution >= 0.6 is 11.6 Å². The molecule has 104 valence electrons. The second kappa shape index (κ2) is 6.31. The van der Waals surface area contributed by atoms with E-state index in [2.05, 4.69) is 5.32 Å². The molecule has 0 saturated carbocycles. The lowest BCUT2D eigenvalue weighted by Gasteiger charge is -2.12. The van der Waals surface area contributed by atoms with Gasteiger partial charge >= 0.3 is 0 Å². The van der Waals surface area contributed by atoms with Gasteiger partial charge in [0.05, 0.1) is 10.7 Å². The summed E-state index contributed by atoms with van der Waals surface area (Å²) in [6.07, 6.45) is 3.79. The summed E-state index contributed by atoms with van der Waals surface area (Å²) in [7, 11) is 0. The lowest BCUT2D eigenvalue weighted by Crippen LogP contribution is -2.18. The third kappa shape index (κ3) is 3.43. The first kappa shape index (κ1) is 14.2. The molecule has 0 bridgehead atoms. The standard InChI is InChI=1S/C14H15ClN4O/c15-12-7-11(3-4-13(12)17)18-14(20)10(8-16)9-19-5-1-2-6-19/h3-4,7,9H,1-2,5-6,17H2,(H,18,20)/b10-9-. The van der Waals surface area contributed by atoms with Gasteiger partial charge in [0, 0.05) is 25.0 Å². The van der Waals surface area contributed by atoms with Crippen molar-refractivity contribution in [3.8, 4) is 6.07 Å². The molecular weight excluding hydrogens is 276 g/mol. The molecule has 0 aliphatic carbocycles. The molecule has 6 heteroatoms. The zero-order valence-corrected chi connectivity index (χ0v) is 11.7. The Morgan fingerprint density at radius 1 is 1.45 bits per heavy atom. The molecule has 1 aromatic carbocycles. The molecule has 3 N–H and O–H groups in total. The summed E-state index contributed by atoms with van der Waals surface area (Å²) in [5.74, 6) is -0.444. The number of anilines is 2. The van der Waals surface area contributed by atoms with Crippen molar-refractivity contribution in [1.82, 2.24) is 4.90 Å². The molecule has 5 nitrogen and oxygen atoms in total. The van der Waals surface area contributed by atoms with Gasteiger partial charge in [0.25, 0.3) is 5.91 Å². The molecule has 1 fully saturated rings. The summed E-state index contributed by atoms with van der Waals surface area (Å²) < 4.78 is 0. The van der Waals surface area contributed by atoms with E-state index in [1.807, 2.05) is 11.0 Å². The first-order chi connectivity index (χ1) is 9.60. The SMILES string of the molecule is N#C/C(=C/N1CCCC1)C(=O)Nc1ccc(N)c(Cl)c1. The van der Waals surface area contributed by atoms with Gasteiger partial charge in [0.1, 0.15) is 11.6 Å². The summed E-state index contributed by atoms with van der Waals surface area (Å²) in [5, 5.41) is 12.1. The smallest absolute Gasteiger partial charge is 0.267 e. The van der Waals surface area contributed by atoms with Crippen molar-refractivity contribution in [2.24, 2.45) is 0 Å². The molecule has 0 aromatic heterocycles. The molecule has 0 radical (unpaired) electrons. The van der Waals surface area contributed by atoms with Crippen LogP contribution in [0, 0.1) is 11.3 Å². The number of amides is 1. The largest absolute Gasteiger partial charge is 0.398 e. The van der Waals surface area contributed by atoms with E-state index in [1.165, 1.54) is 0 Å². The number of likely N-dealkylation sites (tertiary alicyclic amines) is 1. The van der Waals surface area contributed by atoms with Crippen LogP contribution in [0.25, 0.3) is 0 Å². The van der Waals surface area contributed by atoms with Gasteiger partial charge in [0.15, 0.2) is 0 Å². The number of benzene rings is 1. The number of rotatable bonds is 3. The Bertz CT molecular complexity index is 585. The Labute approximate surface area is 122 Å². The minimum atomic E-state index is -0.444. The van der Waals surface area contributed by atoms with Gasteiger partial charge in [-0.2, -0.15) is 5.26 Å². The van der Waals surface area contributed by atoms with E-state index in [1.54, 1.807) is 24.4 Å². The maximum absolute atomic E-state index is 12.0. The highest BCUT2D eigenvalue weighted by Gasteiger charge is 2.14. The zero-order valence-electron chi connectivity index (χ0n) is 10.9. The predicted molar refractivity (Wildman–Crippen MR) is 79.0 cm³/mol. The van der Waals surface area contributed by atoms with Crippen molar-refractivity contribution in [2.75, 3.05) is 24.1 Å². The van der Waals surface area contributed by atoms with E-state index in [-0.39, 0.29) is 5.57 Å². The van der Waals surface area contributed by atoms with Crippen molar-refractivity contribution in [2.45, 2.75) is 12.8 Å². The maximum atomic E-state index is 12.0. The summed E-state index contributed by atoms with van der Waals surface area (Å²) in [5.41, 5.74) is 6.64. The van der Waals surface area contributed by atoms with Crippen molar-refractivity contribution in [3.05, 3.63) is 35.0 Å². The zero-order chi connectivity index (χ0) is 14.5. The normalized spacial score (nSPS) is 15.0. The van der Waals surface area contributed by atoms with E-state index >= 15 is 0 Å². The van der Waals surface area contributed by atoms with Crippen LogP contribution in [0.5, 0.6) is 0 Å². The van der Waals surface area contributed by atoms with Crippen LogP contribution in [0.4, 0.5) is 11.4 Å². The number of nitrogens with zero attached hydrogens (tertiary/aromatic N) is 2. The molecule has 1 aliphatic heterocycles. The Morgan fingerprint density at radius 3 is 2.75 bits per heavy atom. The van der Waals surface area contributed by atoms with Crippen molar-refractivity contribution in [1.29, 1.82) is 5.26 Å². The third-order valence-electron chi connectivity index (χ3n) is 3.08. The first-order valence-electron chi connectivity index (χ1n) is 6.32. The maximum Gasteiger partial charge on any atom is 0.267 e. The van der Waals surface area contributed by atoms with Gasteiger partial charge in [-0.3, -0.25) is 4.79 Å². The Morgan fingerprint density at radius 2 is 2.15 bits per heavy atom. The summed E-state index contributed by atoms with van der Waals surface area (Å²) in [6, 6.07) is 6.73. The van der Waals surface area contributed by atoms with E-state index in [9.17, 15) is 4.79 Å². The fraction of sp³-hybridized carbons (Fsp3) is 0.286. The number of nitriles is 1. The van der Waals surface area contributed by atoms with E-state index in [0.717, 1.165) is 25.9 Å². The number of halogens is 1. The molecule has 0 spiro atoms. The molecule has 20 heavy (non-hydrogen) atoms. The molecule has 0 atom stereocenters. The molecule has 1 saturated heterocycles. The number of hydrogen-bond acceptors (Lipinski definition) is 4. The average Bonchev–Trinajstić information content (AvgIpc) is 2.93. The molecule has 1 aromatic rings. The Kier molecular flexibility index (Phi) is 4.49. The van der Waals surface area contributed by atoms with Crippen LogP contribution in [-0.4, -0.2) is 23.9 Å². The number of carbonyl (C=O) groups is 1. The van der Waals surface area contributed by atoms with Gasteiger partial charge in [-0.25, -0.2) is 0 Å². The fourth-order valence-electron chi connectivity index (χ4n) is 1.99. The van der Waals surface area contributed by atoms with Crippen LogP contribution in [0.3, 0.4) is 0 Å². The number of nitrogens with two attached hydrogens (primary N) is 1. The van der Waals surface area contributed by atoms with Crippen LogP contribution in [0.15, 0.2) is 30.0 Å². The molecule has 2 rings (SSSR count). The molecule has 0 unspecified atom stereocenters. The third-order valence-corrected chi connectivity index (χ3v) is 3.40. The quantitative estimate of drug-likeness (QED) is 0.509. The highest BCUT2D eigenvalue weighted by molar-refractivity contribution is 6.33. The lowest BCUT2D eigenvalue weighted by molar-refractivity contribution is -0.112. The van der Waals surface area contributed by atoms with E-state index in [0.29, 0.717) is 16.4 Å². The molecule has 1 aliphatic rings. The lowest BCUT2D eigenvalue weighted by atomic mass is 10.2. The van der Waals surface area contributed by atoms with Gasteiger partial charge in [-0.15, -0.1) is 0 Å². The van der Waals surface area contributed by atoms with Crippen LogP contribution in [0.2, 0.25) is 5.02 Å². The predicted octanol–water partition coefficient (Wildman–Crippen LogP) is 2.36. The first-order valence-corrected chi connectivity index (χ1v) is 6.70. The van der Waals surface area contributed by atoms with Gasteiger partial charge in [-0.1, -0.05) is 11.6 Å². The Balaban J connectivity index is 2.09. The minimum Gasteiger partial charge on any atom is -0.398 e. The van der Waals surface area contributed by atoms with Crippen LogP contribution < -0.4 is 11.1 Å². The second-order valence-corrected chi connectivity index (χ2v) is 5.00. The van der Waals surface area contributed by atoms with E-state index < -0.39 is 5.91 Å². The van der Waals surface area contributed by atoms with Crippen molar-refractivity contribution in [3.63, 3.8) is 0 Å².